The van der Waals surface area contributed by atoms with E-state index in [1.54, 1.807) is 0 Å². The Morgan fingerprint density at radius 2 is 2.05 bits per heavy atom. The summed E-state index contributed by atoms with van der Waals surface area (Å²) in [7, 11) is 0. The van der Waals surface area contributed by atoms with Crippen LogP contribution >= 0.6 is 0 Å². The molecule has 0 amide bonds. The van der Waals surface area contributed by atoms with Crippen molar-refractivity contribution >= 4 is 0 Å². The summed E-state index contributed by atoms with van der Waals surface area (Å²) in [6.07, 6.45) is 7.62. The van der Waals surface area contributed by atoms with Crippen molar-refractivity contribution in [2.24, 2.45) is 5.92 Å². The molecule has 1 aromatic heterocycles. The molecule has 0 aliphatic heterocycles. The van der Waals surface area contributed by atoms with Crippen molar-refractivity contribution in [1.82, 2.24) is 9.78 Å². The van der Waals surface area contributed by atoms with Crippen molar-refractivity contribution < 1.29 is 5.11 Å². The molecule has 1 heterocycles. The normalized spacial score (nSPS) is 27.7. The Morgan fingerprint density at radius 3 is 2.63 bits per heavy atom. The Kier molecular flexibility index (Phi) is 4.67. The molecular formula is C16H28N2O. The lowest BCUT2D eigenvalue weighted by atomic mass is 9.75. The van der Waals surface area contributed by atoms with Gasteiger partial charge < -0.3 is 5.11 Å². The van der Waals surface area contributed by atoms with Crippen LogP contribution in [0.2, 0.25) is 0 Å². The molecule has 2 rings (SSSR count). The highest BCUT2D eigenvalue weighted by atomic mass is 16.3. The van der Waals surface area contributed by atoms with Gasteiger partial charge in [0.15, 0.2) is 0 Å². The number of hydrogen-bond acceptors (Lipinski definition) is 2. The summed E-state index contributed by atoms with van der Waals surface area (Å²) in [5, 5.41) is 15.3. The number of aromatic nitrogens is 2. The summed E-state index contributed by atoms with van der Waals surface area (Å²) in [6, 6.07) is 2.12. The maximum absolute atomic E-state index is 10.8. The third-order valence-corrected chi connectivity index (χ3v) is 4.53. The monoisotopic (exact) mass is 264 g/mol. The molecule has 1 saturated carbocycles. The first-order valence-electron chi connectivity index (χ1n) is 7.82. The van der Waals surface area contributed by atoms with Crippen LogP contribution in [-0.4, -0.2) is 20.5 Å². The summed E-state index contributed by atoms with van der Waals surface area (Å²) < 4.78 is 2.03. The summed E-state index contributed by atoms with van der Waals surface area (Å²) in [6.45, 7) is 7.27. The molecule has 1 aliphatic rings. The number of nitrogens with zero attached hydrogens (tertiary/aromatic N) is 2. The van der Waals surface area contributed by atoms with Gasteiger partial charge in [0.1, 0.15) is 0 Å². The Labute approximate surface area is 117 Å². The lowest BCUT2D eigenvalue weighted by Gasteiger charge is -2.36. The Hall–Kier alpha value is -0.830. The molecular weight excluding hydrogens is 236 g/mol. The van der Waals surface area contributed by atoms with E-state index in [0.717, 1.165) is 37.4 Å². The zero-order valence-corrected chi connectivity index (χ0v) is 12.7. The highest BCUT2D eigenvalue weighted by molar-refractivity contribution is 5.12. The van der Waals surface area contributed by atoms with Gasteiger partial charge in [-0.15, -0.1) is 0 Å². The molecule has 19 heavy (non-hydrogen) atoms. The van der Waals surface area contributed by atoms with Gasteiger partial charge in [-0.05, 0) is 51.5 Å². The largest absolute Gasteiger partial charge is 0.389 e. The minimum atomic E-state index is -0.496. The average molecular weight is 264 g/mol. The van der Waals surface area contributed by atoms with Crippen LogP contribution in [0.3, 0.4) is 0 Å². The van der Waals surface area contributed by atoms with E-state index in [2.05, 4.69) is 25.0 Å². The fourth-order valence-corrected chi connectivity index (χ4v) is 3.44. The highest BCUT2D eigenvalue weighted by Crippen LogP contribution is 2.36. The second-order valence-electron chi connectivity index (χ2n) is 6.23. The molecule has 1 N–H and O–H groups in total. The van der Waals surface area contributed by atoms with Crippen LogP contribution in [0.15, 0.2) is 6.07 Å². The van der Waals surface area contributed by atoms with Gasteiger partial charge in [0.25, 0.3) is 0 Å². The summed E-state index contributed by atoms with van der Waals surface area (Å²) in [5.74, 6) is 0.836. The Bertz CT molecular complexity index is 403. The van der Waals surface area contributed by atoms with Gasteiger partial charge in [0.2, 0.25) is 0 Å². The number of rotatable bonds is 5. The minimum Gasteiger partial charge on any atom is -0.389 e. The van der Waals surface area contributed by atoms with Gasteiger partial charge in [0.05, 0.1) is 11.3 Å². The second kappa shape index (κ2) is 6.08. The van der Waals surface area contributed by atoms with E-state index >= 15 is 0 Å². The van der Waals surface area contributed by atoms with Crippen molar-refractivity contribution in [2.45, 2.75) is 77.9 Å². The Balaban J connectivity index is 1.98. The third-order valence-electron chi connectivity index (χ3n) is 4.53. The van der Waals surface area contributed by atoms with E-state index in [4.69, 9.17) is 0 Å². The topological polar surface area (TPSA) is 38.1 Å². The number of aryl methyl sites for hydroxylation is 2. The molecule has 1 fully saturated rings. The van der Waals surface area contributed by atoms with Gasteiger partial charge in [-0.25, -0.2) is 0 Å². The van der Waals surface area contributed by atoms with E-state index in [-0.39, 0.29) is 0 Å². The van der Waals surface area contributed by atoms with Gasteiger partial charge >= 0.3 is 0 Å². The molecule has 0 aromatic carbocycles. The summed E-state index contributed by atoms with van der Waals surface area (Å²) >= 11 is 0. The number of aliphatic hydroxyl groups is 1. The SMILES string of the molecule is CCCC1CCC(O)(Cc2cc(C)nn2CC)CC1. The number of hydrogen-bond donors (Lipinski definition) is 1. The molecule has 1 aromatic rings. The van der Waals surface area contributed by atoms with Crippen LogP contribution in [0, 0.1) is 12.8 Å². The smallest absolute Gasteiger partial charge is 0.0703 e. The van der Waals surface area contributed by atoms with Crippen LogP contribution in [0.5, 0.6) is 0 Å². The maximum atomic E-state index is 10.8. The molecule has 3 nitrogen and oxygen atoms in total. The van der Waals surface area contributed by atoms with E-state index in [0.29, 0.717) is 0 Å². The van der Waals surface area contributed by atoms with Crippen LogP contribution in [0.4, 0.5) is 0 Å². The Morgan fingerprint density at radius 1 is 1.37 bits per heavy atom. The van der Waals surface area contributed by atoms with E-state index in [9.17, 15) is 5.11 Å². The lowest BCUT2D eigenvalue weighted by Crippen LogP contribution is -2.37. The maximum Gasteiger partial charge on any atom is 0.0703 e. The molecule has 0 radical (unpaired) electrons. The fourth-order valence-electron chi connectivity index (χ4n) is 3.44. The first-order valence-corrected chi connectivity index (χ1v) is 7.82. The summed E-state index contributed by atoms with van der Waals surface area (Å²) in [5.41, 5.74) is 1.75. The van der Waals surface area contributed by atoms with Crippen molar-refractivity contribution in [1.29, 1.82) is 0 Å². The summed E-state index contributed by atoms with van der Waals surface area (Å²) in [4.78, 5) is 0. The zero-order chi connectivity index (χ0) is 13.9. The van der Waals surface area contributed by atoms with Gasteiger partial charge in [-0.3, -0.25) is 4.68 Å². The van der Waals surface area contributed by atoms with Gasteiger partial charge in [-0.2, -0.15) is 5.10 Å². The second-order valence-corrected chi connectivity index (χ2v) is 6.23. The van der Waals surface area contributed by atoms with Crippen molar-refractivity contribution in [2.75, 3.05) is 0 Å². The van der Waals surface area contributed by atoms with Crippen LogP contribution in [0.1, 0.15) is 63.8 Å². The molecule has 1 aliphatic carbocycles. The molecule has 0 atom stereocenters. The fraction of sp³-hybridized carbons (Fsp3) is 0.812. The van der Waals surface area contributed by atoms with E-state index in [1.807, 2.05) is 11.6 Å². The van der Waals surface area contributed by atoms with E-state index < -0.39 is 5.60 Å². The predicted molar refractivity (Wildman–Crippen MR) is 78.2 cm³/mol. The quantitative estimate of drug-likeness (QED) is 0.884. The van der Waals surface area contributed by atoms with Crippen molar-refractivity contribution in [3.8, 4) is 0 Å². The first kappa shape index (κ1) is 14.6. The molecule has 3 heteroatoms. The average Bonchev–Trinajstić information content (AvgIpc) is 2.72. The van der Waals surface area contributed by atoms with Gasteiger partial charge in [-0.1, -0.05) is 19.8 Å². The van der Waals surface area contributed by atoms with Crippen molar-refractivity contribution in [3.63, 3.8) is 0 Å². The van der Waals surface area contributed by atoms with Gasteiger partial charge in [0, 0.05) is 18.7 Å². The van der Waals surface area contributed by atoms with Crippen LogP contribution < -0.4 is 0 Å². The first-order chi connectivity index (χ1) is 9.06. The minimum absolute atomic E-state index is 0.496. The zero-order valence-electron chi connectivity index (χ0n) is 12.7. The molecule has 0 unspecified atom stereocenters. The lowest BCUT2D eigenvalue weighted by molar-refractivity contribution is -0.0114. The van der Waals surface area contributed by atoms with E-state index in [1.165, 1.54) is 31.4 Å². The molecule has 0 saturated heterocycles. The van der Waals surface area contributed by atoms with Crippen molar-refractivity contribution in [3.05, 3.63) is 17.5 Å². The standard InChI is InChI=1S/C16H28N2O/c1-4-6-14-7-9-16(19,10-8-14)12-15-11-13(3)17-18(15)5-2/h11,14,19H,4-10,12H2,1-3H3. The molecule has 0 bridgehead atoms. The van der Waals surface area contributed by atoms with Crippen LogP contribution in [-0.2, 0) is 13.0 Å². The third kappa shape index (κ3) is 3.59. The van der Waals surface area contributed by atoms with Crippen LogP contribution in [0.25, 0.3) is 0 Å². The highest BCUT2D eigenvalue weighted by Gasteiger charge is 2.33. The predicted octanol–water partition coefficient (Wildman–Crippen LogP) is 3.48. The molecule has 108 valence electrons. The molecule has 0 spiro atoms.